The lowest BCUT2D eigenvalue weighted by molar-refractivity contribution is 0.0706. The molecule has 0 aliphatic carbocycles. The van der Waals surface area contributed by atoms with Crippen LogP contribution in [0.2, 0.25) is 0 Å². The summed E-state index contributed by atoms with van der Waals surface area (Å²) in [6.45, 7) is 2.40. The minimum absolute atomic E-state index is 0.0307. The summed E-state index contributed by atoms with van der Waals surface area (Å²) in [5, 5.41) is 4.87. The van der Waals surface area contributed by atoms with Crippen LogP contribution in [0.4, 0.5) is 0 Å². The Morgan fingerprint density at radius 3 is 2.69 bits per heavy atom. The lowest BCUT2D eigenvalue weighted by Crippen LogP contribution is -2.39. The average Bonchev–Trinajstić information content (AvgIpc) is 3.24. The fraction of sp³-hybridized carbons (Fsp3) is 0.292. The summed E-state index contributed by atoms with van der Waals surface area (Å²) >= 11 is 0. The van der Waals surface area contributed by atoms with Crippen molar-refractivity contribution in [3.63, 3.8) is 0 Å². The lowest BCUT2D eigenvalue weighted by atomic mass is 9.94. The van der Waals surface area contributed by atoms with Gasteiger partial charge in [-0.15, -0.1) is 0 Å². The number of likely N-dealkylation sites (tertiary alicyclic amines) is 1. The molecule has 8 heteroatoms. The van der Waals surface area contributed by atoms with E-state index >= 15 is 0 Å². The highest BCUT2D eigenvalue weighted by molar-refractivity contribution is 5.94. The molecule has 1 unspecified atom stereocenters. The standard InChI is InChI=1S/C24H24N6O2/c31-24(18-8-10-25-11-9-18)29-14-4-5-19(17-29)21-22-23(27-13-12-26-22)30(28-21)15-16-32-20-6-2-1-3-7-20/h1-3,6-13,19H,4-5,14-17H2. The maximum atomic E-state index is 12.9. The zero-order valence-corrected chi connectivity index (χ0v) is 17.7. The molecule has 1 aliphatic rings. The number of hydrogen-bond acceptors (Lipinski definition) is 6. The van der Waals surface area contributed by atoms with Crippen LogP contribution in [-0.2, 0) is 6.54 Å². The van der Waals surface area contributed by atoms with E-state index in [0.717, 1.165) is 42.0 Å². The van der Waals surface area contributed by atoms with Gasteiger partial charge in [-0.3, -0.25) is 9.78 Å². The molecule has 162 valence electrons. The number of piperidine rings is 1. The number of ether oxygens (including phenoxy) is 1. The molecule has 3 aromatic heterocycles. The number of fused-ring (bicyclic) bond motifs is 1. The number of hydrogen-bond donors (Lipinski definition) is 0. The second-order valence-corrected chi connectivity index (χ2v) is 7.82. The molecule has 0 spiro atoms. The van der Waals surface area contributed by atoms with Gasteiger partial charge in [0.05, 0.1) is 12.2 Å². The number of carbonyl (C=O) groups excluding carboxylic acids is 1. The van der Waals surface area contributed by atoms with Crippen LogP contribution in [0.3, 0.4) is 0 Å². The van der Waals surface area contributed by atoms with Gasteiger partial charge in [0.15, 0.2) is 5.65 Å². The van der Waals surface area contributed by atoms with Crippen LogP contribution in [0.5, 0.6) is 5.75 Å². The molecule has 1 fully saturated rings. The quantitative estimate of drug-likeness (QED) is 0.468. The molecule has 0 N–H and O–H groups in total. The Labute approximate surface area is 185 Å². The Morgan fingerprint density at radius 2 is 1.84 bits per heavy atom. The molecule has 8 nitrogen and oxygen atoms in total. The van der Waals surface area contributed by atoms with E-state index in [4.69, 9.17) is 9.84 Å². The Balaban J connectivity index is 1.35. The van der Waals surface area contributed by atoms with Crippen molar-refractivity contribution in [3.05, 3.63) is 78.5 Å². The number of carbonyl (C=O) groups is 1. The third-order valence-corrected chi connectivity index (χ3v) is 5.73. The highest BCUT2D eigenvalue weighted by atomic mass is 16.5. The van der Waals surface area contributed by atoms with Gasteiger partial charge in [-0.25, -0.2) is 14.6 Å². The van der Waals surface area contributed by atoms with Crippen molar-refractivity contribution in [1.82, 2.24) is 29.6 Å². The lowest BCUT2D eigenvalue weighted by Gasteiger charge is -2.32. The van der Waals surface area contributed by atoms with E-state index in [0.29, 0.717) is 25.3 Å². The summed E-state index contributed by atoms with van der Waals surface area (Å²) in [6, 6.07) is 13.2. The molecule has 32 heavy (non-hydrogen) atoms. The molecule has 0 saturated carbocycles. The fourth-order valence-electron chi connectivity index (χ4n) is 4.18. The first kappa shape index (κ1) is 20.1. The average molecular weight is 428 g/mol. The van der Waals surface area contributed by atoms with Crippen molar-refractivity contribution < 1.29 is 9.53 Å². The minimum Gasteiger partial charge on any atom is -0.492 e. The van der Waals surface area contributed by atoms with Gasteiger partial charge < -0.3 is 9.64 Å². The summed E-state index contributed by atoms with van der Waals surface area (Å²) < 4.78 is 7.71. The van der Waals surface area contributed by atoms with E-state index in [9.17, 15) is 4.79 Å². The predicted octanol–water partition coefficient (Wildman–Crippen LogP) is 3.32. The molecule has 1 aromatic carbocycles. The largest absolute Gasteiger partial charge is 0.492 e. The zero-order chi connectivity index (χ0) is 21.8. The fourth-order valence-corrected chi connectivity index (χ4v) is 4.18. The number of rotatable bonds is 6. The summed E-state index contributed by atoms with van der Waals surface area (Å²) in [4.78, 5) is 28.0. The smallest absolute Gasteiger partial charge is 0.253 e. The second kappa shape index (κ2) is 9.13. The van der Waals surface area contributed by atoms with E-state index < -0.39 is 0 Å². The van der Waals surface area contributed by atoms with Crippen LogP contribution in [-0.4, -0.2) is 55.2 Å². The molecule has 4 heterocycles. The topological polar surface area (TPSA) is 86.0 Å². The van der Waals surface area contributed by atoms with Crippen LogP contribution in [0.1, 0.15) is 34.8 Å². The van der Waals surface area contributed by atoms with E-state index in [1.807, 2.05) is 39.9 Å². The van der Waals surface area contributed by atoms with Crippen molar-refractivity contribution in [2.24, 2.45) is 0 Å². The molecule has 4 aromatic rings. The Bertz CT molecular complexity index is 1200. The van der Waals surface area contributed by atoms with Crippen LogP contribution in [0.15, 0.2) is 67.3 Å². The molecule has 1 saturated heterocycles. The Hall–Kier alpha value is -3.81. The van der Waals surface area contributed by atoms with Crippen molar-refractivity contribution in [3.8, 4) is 5.75 Å². The summed E-state index contributed by atoms with van der Waals surface area (Å²) in [5.41, 5.74) is 3.11. The van der Waals surface area contributed by atoms with Crippen molar-refractivity contribution in [1.29, 1.82) is 0 Å². The first-order chi connectivity index (χ1) is 15.8. The number of amides is 1. The maximum absolute atomic E-state index is 12.9. The molecule has 1 aliphatic heterocycles. The molecular weight excluding hydrogens is 404 g/mol. The number of benzene rings is 1. The highest BCUT2D eigenvalue weighted by Crippen LogP contribution is 2.30. The minimum atomic E-state index is 0.0307. The molecule has 1 amide bonds. The van der Waals surface area contributed by atoms with E-state index in [1.165, 1.54) is 0 Å². The van der Waals surface area contributed by atoms with Crippen molar-refractivity contribution in [2.75, 3.05) is 19.7 Å². The van der Waals surface area contributed by atoms with Crippen LogP contribution >= 0.6 is 0 Å². The third-order valence-electron chi connectivity index (χ3n) is 5.73. The molecule has 1 atom stereocenters. The monoisotopic (exact) mass is 428 g/mol. The summed E-state index contributed by atoms with van der Waals surface area (Å²) in [5.74, 6) is 0.973. The van der Waals surface area contributed by atoms with Crippen molar-refractivity contribution in [2.45, 2.75) is 25.3 Å². The number of nitrogens with zero attached hydrogens (tertiary/aromatic N) is 6. The van der Waals surface area contributed by atoms with Crippen LogP contribution in [0, 0.1) is 0 Å². The molecular formula is C24H24N6O2. The molecule has 5 rings (SSSR count). The van der Waals surface area contributed by atoms with Gasteiger partial charge in [-0.2, -0.15) is 5.10 Å². The SMILES string of the molecule is O=C(c1ccncc1)N1CCCC(c2nn(CCOc3ccccc3)c3nccnc23)C1. The van der Waals surface area contributed by atoms with Gasteiger partial charge in [0, 0.05) is 49.4 Å². The number of para-hydroxylation sites is 1. The number of aromatic nitrogens is 5. The second-order valence-electron chi connectivity index (χ2n) is 7.82. The third kappa shape index (κ3) is 4.16. The number of pyridine rings is 1. The molecule has 0 bridgehead atoms. The van der Waals surface area contributed by atoms with Gasteiger partial charge in [-0.1, -0.05) is 18.2 Å². The van der Waals surface area contributed by atoms with Crippen LogP contribution < -0.4 is 4.74 Å². The van der Waals surface area contributed by atoms with Gasteiger partial charge in [0.25, 0.3) is 5.91 Å². The highest BCUT2D eigenvalue weighted by Gasteiger charge is 2.29. The Morgan fingerprint density at radius 1 is 1.03 bits per heavy atom. The zero-order valence-electron chi connectivity index (χ0n) is 17.7. The summed E-state index contributed by atoms with van der Waals surface area (Å²) in [6.07, 6.45) is 8.56. The van der Waals surface area contributed by atoms with Gasteiger partial charge in [0.1, 0.15) is 17.9 Å². The van der Waals surface area contributed by atoms with Crippen LogP contribution in [0.25, 0.3) is 11.2 Å². The van der Waals surface area contributed by atoms with Gasteiger partial charge in [-0.05, 0) is 37.1 Å². The normalized spacial score (nSPS) is 16.2. The Kier molecular flexibility index (Phi) is 5.74. The van der Waals surface area contributed by atoms with Crippen molar-refractivity contribution >= 4 is 17.1 Å². The summed E-state index contributed by atoms with van der Waals surface area (Å²) in [7, 11) is 0. The predicted molar refractivity (Wildman–Crippen MR) is 119 cm³/mol. The van der Waals surface area contributed by atoms with E-state index in [2.05, 4.69) is 15.0 Å². The molecule has 0 radical (unpaired) electrons. The first-order valence-electron chi connectivity index (χ1n) is 10.8. The van der Waals surface area contributed by atoms with E-state index in [1.54, 1.807) is 36.9 Å². The van der Waals surface area contributed by atoms with Gasteiger partial charge in [0.2, 0.25) is 0 Å². The van der Waals surface area contributed by atoms with Gasteiger partial charge >= 0.3 is 0 Å². The first-order valence-corrected chi connectivity index (χ1v) is 10.8. The van der Waals surface area contributed by atoms with E-state index in [-0.39, 0.29) is 11.8 Å². The maximum Gasteiger partial charge on any atom is 0.253 e.